The monoisotopic (exact) mass is 340 g/mol. The first kappa shape index (κ1) is 16.5. The lowest BCUT2D eigenvalue weighted by Gasteiger charge is -2.25. The van der Waals surface area contributed by atoms with Gasteiger partial charge in [0.2, 0.25) is 0 Å². The minimum atomic E-state index is -1.02. The number of aromatic carboxylic acids is 1. The first-order valence-corrected chi connectivity index (χ1v) is 7.66. The molecule has 2 aromatic rings. The molecule has 7 heteroatoms. The van der Waals surface area contributed by atoms with Gasteiger partial charge in [-0.3, -0.25) is 9.59 Å². The molecule has 128 valence electrons. The van der Waals surface area contributed by atoms with Crippen molar-refractivity contribution in [2.45, 2.75) is 19.6 Å². The number of carboxylic acids is 1. The molecule has 0 unspecified atom stereocenters. The molecule has 25 heavy (non-hydrogen) atoms. The lowest BCUT2D eigenvalue weighted by atomic mass is 10.1. The first-order chi connectivity index (χ1) is 12.0. The molecule has 0 saturated heterocycles. The van der Waals surface area contributed by atoms with E-state index >= 15 is 0 Å². The summed E-state index contributed by atoms with van der Waals surface area (Å²) >= 11 is 0. The average Bonchev–Trinajstić information content (AvgIpc) is 2.60. The summed E-state index contributed by atoms with van der Waals surface area (Å²) in [5, 5.41) is 14.4. The minimum Gasteiger partial charge on any atom is -0.478 e. The van der Waals surface area contributed by atoms with E-state index in [1.807, 2.05) is 0 Å². The van der Waals surface area contributed by atoms with Gasteiger partial charge in [-0.1, -0.05) is 18.2 Å². The van der Waals surface area contributed by atoms with Gasteiger partial charge in [0.05, 0.1) is 16.8 Å². The van der Waals surface area contributed by atoms with Gasteiger partial charge in [0.25, 0.3) is 11.8 Å². The molecule has 0 radical (unpaired) electrons. The van der Waals surface area contributed by atoms with Gasteiger partial charge in [-0.05, 0) is 36.8 Å². The topological polar surface area (TPSA) is 105 Å². The zero-order valence-electron chi connectivity index (χ0n) is 13.4. The molecule has 1 aliphatic rings. The van der Waals surface area contributed by atoms with Crippen LogP contribution >= 0.6 is 0 Å². The van der Waals surface area contributed by atoms with Crippen LogP contribution in [0.1, 0.15) is 33.2 Å². The van der Waals surface area contributed by atoms with E-state index in [9.17, 15) is 14.4 Å². The lowest BCUT2D eigenvalue weighted by molar-refractivity contribution is -0.122. The fourth-order valence-electron chi connectivity index (χ4n) is 2.50. The second kappa shape index (κ2) is 6.64. The Balaban J connectivity index is 1.77. The maximum atomic E-state index is 12.5. The van der Waals surface area contributed by atoms with Crippen LogP contribution in [0.2, 0.25) is 0 Å². The molecule has 0 aliphatic carbocycles. The summed E-state index contributed by atoms with van der Waals surface area (Å²) in [5.41, 5.74) is 1.58. The number of carboxylic acid groups (broad SMARTS) is 1. The highest BCUT2D eigenvalue weighted by Crippen LogP contribution is 2.33. The van der Waals surface area contributed by atoms with Crippen molar-refractivity contribution in [3.8, 4) is 5.75 Å². The number of hydrogen-bond acceptors (Lipinski definition) is 4. The van der Waals surface area contributed by atoms with E-state index in [0.29, 0.717) is 22.6 Å². The summed E-state index contributed by atoms with van der Waals surface area (Å²) in [4.78, 5) is 35.1. The number of fused-ring (bicyclic) bond motifs is 1. The van der Waals surface area contributed by atoms with Crippen molar-refractivity contribution < 1.29 is 24.2 Å². The maximum Gasteiger partial charge on any atom is 0.335 e. The van der Waals surface area contributed by atoms with Gasteiger partial charge >= 0.3 is 5.97 Å². The second-order valence-corrected chi connectivity index (χ2v) is 5.62. The van der Waals surface area contributed by atoms with Crippen molar-refractivity contribution in [2.75, 3.05) is 5.32 Å². The van der Waals surface area contributed by atoms with Crippen LogP contribution < -0.4 is 15.4 Å². The Kier molecular flexibility index (Phi) is 4.38. The number of amides is 2. The van der Waals surface area contributed by atoms with E-state index in [0.717, 1.165) is 0 Å². The molecule has 1 heterocycles. The molecule has 2 aromatic carbocycles. The predicted octanol–water partition coefficient (Wildman–Crippen LogP) is 2.03. The molecule has 0 aromatic heterocycles. The molecule has 3 rings (SSSR count). The molecule has 0 fully saturated rings. The van der Waals surface area contributed by atoms with Crippen molar-refractivity contribution in [1.82, 2.24) is 5.32 Å². The van der Waals surface area contributed by atoms with Gasteiger partial charge in [0, 0.05) is 6.54 Å². The van der Waals surface area contributed by atoms with Crippen LogP contribution in [0.4, 0.5) is 5.69 Å². The normalized spacial score (nSPS) is 15.6. The molecule has 0 spiro atoms. The van der Waals surface area contributed by atoms with Gasteiger partial charge in [0.15, 0.2) is 11.9 Å². The highest BCUT2D eigenvalue weighted by atomic mass is 16.5. The number of benzene rings is 2. The maximum absolute atomic E-state index is 12.5. The number of carbonyl (C=O) groups excluding carboxylic acids is 2. The Bertz CT molecular complexity index is 862. The van der Waals surface area contributed by atoms with Gasteiger partial charge in [-0.2, -0.15) is 0 Å². The third-order valence-electron chi connectivity index (χ3n) is 3.81. The highest BCUT2D eigenvalue weighted by molar-refractivity contribution is 6.04. The highest BCUT2D eigenvalue weighted by Gasteiger charge is 2.27. The van der Waals surface area contributed by atoms with Crippen LogP contribution in [-0.4, -0.2) is 29.0 Å². The molecular formula is C18H16N2O5. The van der Waals surface area contributed by atoms with Gasteiger partial charge < -0.3 is 20.5 Å². The smallest absolute Gasteiger partial charge is 0.335 e. The van der Waals surface area contributed by atoms with Gasteiger partial charge in [0.1, 0.15) is 0 Å². The molecule has 7 nitrogen and oxygen atoms in total. The van der Waals surface area contributed by atoms with Crippen molar-refractivity contribution in [1.29, 1.82) is 0 Å². The van der Waals surface area contributed by atoms with Crippen molar-refractivity contribution >= 4 is 23.5 Å². The van der Waals surface area contributed by atoms with E-state index in [2.05, 4.69) is 10.6 Å². The fourth-order valence-corrected chi connectivity index (χ4v) is 2.50. The van der Waals surface area contributed by atoms with E-state index in [4.69, 9.17) is 9.84 Å². The fraction of sp³-hybridized carbons (Fsp3) is 0.167. The predicted molar refractivity (Wildman–Crippen MR) is 89.7 cm³/mol. The molecular weight excluding hydrogens is 324 g/mol. The summed E-state index contributed by atoms with van der Waals surface area (Å²) in [7, 11) is 0. The molecule has 3 N–H and O–H groups in total. The third-order valence-corrected chi connectivity index (χ3v) is 3.81. The standard InChI is InChI=1S/C18H16N2O5/c1-10-16(21)20-14-7-3-6-13(15(14)25-10)17(22)19-9-11-4-2-5-12(8-11)18(23)24/h2-8,10H,9H2,1H3,(H,19,22)(H,20,21)(H,23,24)/t10-/m0/s1. The third kappa shape index (κ3) is 3.45. The summed E-state index contributed by atoms with van der Waals surface area (Å²) in [6.45, 7) is 1.77. The molecule has 2 amide bonds. The van der Waals surface area contributed by atoms with Crippen molar-refractivity contribution in [2.24, 2.45) is 0 Å². The summed E-state index contributed by atoms with van der Waals surface area (Å²) in [6, 6.07) is 11.2. The van der Waals surface area contributed by atoms with Crippen LogP contribution in [0, 0.1) is 0 Å². The molecule has 0 bridgehead atoms. The summed E-state index contributed by atoms with van der Waals surface area (Å²) in [6.07, 6.45) is -0.686. The SMILES string of the molecule is C[C@@H]1Oc2c(cccc2C(=O)NCc2cccc(C(=O)O)c2)NC1=O. The van der Waals surface area contributed by atoms with Gasteiger partial charge in [-0.15, -0.1) is 0 Å². The Hall–Kier alpha value is -3.35. The largest absolute Gasteiger partial charge is 0.478 e. The zero-order chi connectivity index (χ0) is 18.0. The Morgan fingerprint density at radius 3 is 2.76 bits per heavy atom. The lowest BCUT2D eigenvalue weighted by Crippen LogP contribution is -2.35. The van der Waals surface area contributed by atoms with E-state index in [-0.39, 0.29) is 23.9 Å². The van der Waals surface area contributed by atoms with Gasteiger partial charge in [-0.25, -0.2) is 4.79 Å². The Morgan fingerprint density at radius 2 is 2.00 bits per heavy atom. The average molecular weight is 340 g/mol. The van der Waals surface area contributed by atoms with E-state index < -0.39 is 12.1 Å². The number of rotatable bonds is 4. The Morgan fingerprint density at radius 1 is 1.24 bits per heavy atom. The number of nitrogens with one attached hydrogen (secondary N) is 2. The van der Waals surface area contributed by atoms with Crippen LogP contribution in [0.3, 0.4) is 0 Å². The van der Waals surface area contributed by atoms with Crippen LogP contribution in [0.5, 0.6) is 5.75 Å². The second-order valence-electron chi connectivity index (χ2n) is 5.62. The number of ether oxygens (including phenoxy) is 1. The minimum absolute atomic E-state index is 0.156. The molecule has 1 aliphatic heterocycles. The van der Waals surface area contributed by atoms with E-state index in [1.54, 1.807) is 37.3 Å². The Labute approximate surface area is 143 Å². The van der Waals surface area contributed by atoms with Crippen molar-refractivity contribution in [3.05, 3.63) is 59.2 Å². The summed E-state index contributed by atoms with van der Waals surface area (Å²) < 4.78 is 5.55. The summed E-state index contributed by atoms with van der Waals surface area (Å²) in [5.74, 6) is -1.34. The van der Waals surface area contributed by atoms with Crippen LogP contribution in [-0.2, 0) is 11.3 Å². The van der Waals surface area contributed by atoms with Crippen LogP contribution in [0.25, 0.3) is 0 Å². The van der Waals surface area contributed by atoms with Crippen molar-refractivity contribution in [3.63, 3.8) is 0 Å². The van der Waals surface area contributed by atoms with Crippen LogP contribution in [0.15, 0.2) is 42.5 Å². The first-order valence-electron chi connectivity index (χ1n) is 7.66. The number of para-hydroxylation sites is 1. The number of carbonyl (C=O) groups is 3. The van der Waals surface area contributed by atoms with E-state index in [1.165, 1.54) is 12.1 Å². The number of anilines is 1. The molecule has 1 atom stereocenters. The quantitative estimate of drug-likeness (QED) is 0.790. The molecule has 0 saturated carbocycles. The number of hydrogen-bond donors (Lipinski definition) is 3. The zero-order valence-corrected chi connectivity index (χ0v) is 13.4.